The van der Waals surface area contributed by atoms with E-state index in [0.717, 1.165) is 4.47 Å². The van der Waals surface area contributed by atoms with Gasteiger partial charge < -0.3 is 9.88 Å². The number of Topliss-reactive ketones (excluding diaryl/α,β-unsaturated/α-hetero) is 1. The van der Waals surface area contributed by atoms with Gasteiger partial charge in [0, 0.05) is 28.0 Å². The van der Waals surface area contributed by atoms with Crippen LogP contribution in [0.25, 0.3) is 0 Å². The summed E-state index contributed by atoms with van der Waals surface area (Å²) in [4.78, 5) is 34.7. The van der Waals surface area contributed by atoms with Crippen LogP contribution in [-0.2, 0) is 11.3 Å². The van der Waals surface area contributed by atoms with Crippen molar-refractivity contribution in [2.45, 2.75) is 13.5 Å². The maximum atomic E-state index is 11.9. The lowest BCUT2D eigenvalue weighted by molar-refractivity contribution is -0.116. The Kier molecular flexibility index (Phi) is 4.70. The SMILES string of the molecule is CC(=O)c1ccc(NC(=O)Cn2cc(Br)ccc2=O)cc1. The average Bonchev–Trinajstić information content (AvgIpc) is 2.43. The van der Waals surface area contributed by atoms with Crippen LogP contribution < -0.4 is 10.9 Å². The largest absolute Gasteiger partial charge is 0.325 e. The van der Waals surface area contributed by atoms with Crippen molar-refractivity contribution >= 4 is 33.3 Å². The fourth-order valence-corrected chi connectivity index (χ4v) is 2.15. The molecule has 1 aromatic carbocycles. The van der Waals surface area contributed by atoms with E-state index < -0.39 is 0 Å². The van der Waals surface area contributed by atoms with E-state index in [4.69, 9.17) is 0 Å². The van der Waals surface area contributed by atoms with Crippen LogP contribution in [0, 0.1) is 0 Å². The van der Waals surface area contributed by atoms with Gasteiger partial charge in [-0.05, 0) is 53.2 Å². The molecule has 108 valence electrons. The van der Waals surface area contributed by atoms with Crippen molar-refractivity contribution in [3.63, 3.8) is 0 Å². The van der Waals surface area contributed by atoms with Gasteiger partial charge in [0.1, 0.15) is 6.54 Å². The van der Waals surface area contributed by atoms with E-state index in [0.29, 0.717) is 11.3 Å². The molecule has 0 unspecified atom stereocenters. The highest BCUT2D eigenvalue weighted by Crippen LogP contribution is 2.10. The number of halogens is 1. The molecule has 0 atom stereocenters. The van der Waals surface area contributed by atoms with Gasteiger partial charge in [-0.15, -0.1) is 0 Å². The van der Waals surface area contributed by atoms with Gasteiger partial charge in [-0.2, -0.15) is 0 Å². The number of anilines is 1. The molecule has 2 aromatic rings. The second-order valence-corrected chi connectivity index (χ2v) is 5.41. The van der Waals surface area contributed by atoms with Gasteiger partial charge in [0.15, 0.2) is 5.78 Å². The lowest BCUT2D eigenvalue weighted by Gasteiger charge is -2.08. The van der Waals surface area contributed by atoms with E-state index in [2.05, 4.69) is 21.2 Å². The number of amides is 1. The van der Waals surface area contributed by atoms with E-state index >= 15 is 0 Å². The molecule has 0 aliphatic heterocycles. The first kappa shape index (κ1) is 15.2. The van der Waals surface area contributed by atoms with E-state index in [1.807, 2.05) is 0 Å². The minimum atomic E-state index is -0.314. The predicted octanol–water partition coefficient (Wildman–Crippen LogP) is 2.45. The Balaban J connectivity index is 2.06. The number of hydrogen-bond acceptors (Lipinski definition) is 3. The van der Waals surface area contributed by atoms with E-state index in [1.54, 1.807) is 36.5 Å². The van der Waals surface area contributed by atoms with Gasteiger partial charge in [-0.3, -0.25) is 14.4 Å². The molecule has 21 heavy (non-hydrogen) atoms. The van der Waals surface area contributed by atoms with Crippen LogP contribution in [-0.4, -0.2) is 16.3 Å². The summed E-state index contributed by atoms with van der Waals surface area (Å²) in [6, 6.07) is 9.60. The number of aromatic nitrogens is 1. The van der Waals surface area contributed by atoms with Crippen molar-refractivity contribution in [3.05, 3.63) is 63.0 Å². The van der Waals surface area contributed by atoms with Crippen LogP contribution in [0.2, 0.25) is 0 Å². The van der Waals surface area contributed by atoms with Gasteiger partial charge >= 0.3 is 0 Å². The lowest BCUT2D eigenvalue weighted by atomic mass is 10.1. The van der Waals surface area contributed by atoms with Crippen molar-refractivity contribution in [2.75, 3.05) is 5.32 Å². The van der Waals surface area contributed by atoms with Crippen molar-refractivity contribution in [1.29, 1.82) is 0 Å². The third-order valence-corrected chi connectivity index (χ3v) is 3.31. The molecule has 0 aliphatic rings. The molecular weight excluding hydrogens is 336 g/mol. The van der Waals surface area contributed by atoms with Gasteiger partial charge in [-0.25, -0.2) is 0 Å². The number of benzene rings is 1. The maximum Gasteiger partial charge on any atom is 0.251 e. The highest BCUT2D eigenvalue weighted by Gasteiger charge is 2.06. The molecule has 0 spiro atoms. The Labute approximate surface area is 129 Å². The van der Waals surface area contributed by atoms with Crippen LogP contribution in [0.15, 0.2) is 51.9 Å². The van der Waals surface area contributed by atoms with Gasteiger partial charge in [0.2, 0.25) is 5.91 Å². The number of carbonyl (C=O) groups excluding carboxylic acids is 2. The molecule has 0 saturated carbocycles. The minimum absolute atomic E-state index is 0.0337. The minimum Gasteiger partial charge on any atom is -0.325 e. The summed E-state index contributed by atoms with van der Waals surface area (Å²) in [6.45, 7) is 1.40. The molecule has 2 rings (SSSR count). The molecule has 0 radical (unpaired) electrons. The average molecular weight is 349 g/mol. The Morgan fingerprint density at radius 1 is 1.14 bits per heavy atom. The fourth-order valence-electron chi connectivity index (χ4n) is 1.77. The normalized spacial score (nSPS) is 10.2. The number of ketones is 1. The molecule has 1 amide bonds. The van der Waals surface area contributed by atoms with E-state index in [9.17, 15) is 14.4 Å². The Hall–Kier alpha value is -2.21. The highest BCUT2D eigenvalue weighted by molar-refractivity contribution is 9.10. The quantitative estimate of drug-likeness (QED) is 0.863. The summed E-state index contributed by atoms with van der Waals surface area (Å²) in [6.07, 6.45) is 1.56. The molecule has 0 saturated heterocycles. The molecule has 1 N–H and O–H groups in total. The first-order valence-electron chi connectivity index (χ1n) is 6.22. The number of nitrogens with zero attached hydrogens (tertiary/aromatic N) is 1. The zero-order valence-electron chi connectivity index (χ0n) is 11.3. The smallest absolute Gasteiger partial charge is 0.251 e. The van der Waals surface area contributed by atoms with Crippen molar-refractivity contribution in [1.82, 2.24) is 4.57 Å². The van der Waals surface area contributed by atoms with Crippen LogP contribution in [0.4, 0.5) is 5.69 Å². The van der Waals surface area contributed by atoms with Crippen molar-refractivity contribution in [3.8, 4) is 0 Å². The molecule has 0 aliphatic carbocycles. The molecule has 5 nitrogen and oxygen atoms in total. The molecule has 1 heterocycles. The maximum absolute atomic E-state index is 11.9. The van der Waals surface area contributed by atoms with Crippen LogP contribution in [0.5, 0.6) is 0 Å². The highest BCUT2D eigenvalue weighted by atomic mass is 79.9. The molecule has 6 heteroatoms. The Morgan fingerprint density at radius 3 is 2.43 bits per heavy atom. The summed E-state index contributed by atoms with van der Waals surface area (Å²) in [5, 5.41) is 2.68. The third-order valence-electron chi connectivity index (χ3n) is 2.84. The number of carbonyl (C=O) groups is 2. The second-order valence-electron chi connectivity index (χ2n) is 4.50. The van der Waals surface area contributed by atoms with E-state index in [1.165, 1.54) is 17.6 Å². The van der Waals surface area contributed by atoms with Crippen LogP contribution in [0.1, 0.15) is 17.3 Å². The third kappa shape index (κ3) is 4.13. The standard InChI is InChI=1S/C15H13BrN2O3/c1-10(19)11-2-5-13(6-3-11)17-14(20)9-18-8-12(16)4-7-15(18)21/h2-8H,9H2,1H3,(H,17,20). The molecule has 0 fully saturated rings. The molecular formula is C15H13BrN2O3. The topological polar surface area (TPSA) is 68.2 Å². The predicted molar refractivity (Wildman–Crippen MR) is 83.5 cm³/mol. The number of rotatable bonds is 4. The zero-order valence-corrected chi connectivity index (χ0v) is 12.9. The van der Waals surface area contributed by atoms with Crippen molar-refractivity contribution in [2.24, 2.45) is 0 Å². The number of nitrogens with one attached hydrogen (secondary N) is 1. The summed E-state index contributed by atoms with van der Waals surface area (Å²) < 4.78 is 2.03. The Morgan fingerprint density at radius 2 is 1.81 bits per heavy atom. The summed E-state index contributed by atoms with van der Waals surface area (Å²) >= 11 is 3.25. The lowest BCUT2D eigenvalue weighted by Crippen LogP contribution is -2.26. The van der Waals surface area contributed by atoms with Gasteiger partial charge in [0.05, 0.1) is 0 Å². The molecule has 0 bridgehead atoms. The van der Waals surface area contributed by atoms with Crippen LogP contribution in [0.3, 0.4) is 0 Å². The van der Waals surface area contributed by atoms with Gasteiger partial charge in [0.25, 0.3) is 5.56 Å². The monoisotopic (exact) mass is 348 g/mol. The van der Waals surface area contributed by atoms with Crippen LogP contribution >= 0.6 is 15.9 Å². The number of hydrogen-bond donors (Lipinski definition) is 1. The zero-order chi connectivity index (χ0) is 15.4. The number of pyridine rings is 1. The van der Waals surface area contributed by atoms with Gasteiger partial charge in [-0.1, -0.05) is 0 Å². The summed E-state index contributed by atoms with van der Waals surface area (Å²) in [7, 11) is 0. The van der Waals surface area contributed by atoms with E-state index in [-0.39, 0.29) is 23.8 Å². The second kappa shape index (κ2) is 6.49. The first-order chi connectivity index (χ1) is 9.95. The van der Waals surface area contributed by atoms with Crippen molar-refractivity contribution < 1.29 is 9.59 Å². The molecule has 1 aromatic heterocycles. The summed E-state index contributed by atoms with van der Waals surface area (Å²) in [5.74, 6) is -0.348. The fraction of sp³-hybridized carbons (Fsp3) is 0.133. The summed E-state index contributed by atoms with van der Waals surface area (Å²) in [5.41, 5.74) is 0.907. The Bertz CT molecular complexity index is 735. The first-order valence-corrected chi connectivity index (χ1v) is 7.02.